The Morgan fingerprint density at radius 3 is 2.62 bits per heavy atom. The van der Waals surface area contributed by atoms with Crippen LogP contribution in [-0.2, 0) is 4.79 Å². The van der Waals surface area contributed by atoms with E-state index in [1.165, 1.54) is 0 Å². The van der Waals surface area contributed by atoms with Crippen LogP contribution in [0.1, 0.15) is 51.9 Å². The van der Waals surface area contributed by atoms with E-state index in [0.717, 1.165) is 32.4 Å². The predicted octanol–water partition coefficient (Wildman–Crippen LogP) is 3.38. The Labute approximate surface area is 175 Å². The van der Waals surface area contributed by atoms with E-state index in [1.54, 1.807) is 0 Å². The number of halogens is 3. The number of rotatable bonds is 4. The van der Waals surface area contributed by atoms with Gasteiger partial charge in [0.2, 0.25) is 5.91 Å². The second kappa shape index (κ2) is 8.55. The Bertz CT molecular complexity index is 607. The molecule has 9 heteroatoms. The fraction of sp³-hybridized carbons (Fsp3) is 0.950. The van der Waals surface area contributed by atoms with Gasteiger partial charge >= 0.3 is 6.18 Å². The molecule has 2 heterocycles. The van der Waals surface area contributed by atoms with Gasteiger partial charge in [-0.1, -0.05) is 19.8 Å². The highest BCUT2D eigenvalue weighted by Crippen LogP contribution is 2.49. The first-order valence-electron chi connectivity index (χ1n) is 11.0. The molecule has 5 nitrogen and oxygen atoms in total. The molecule has 166 valence electrons. The Hall–Kier alpha value is -0.510. The number of amides is 1. The van der Waals surface area contributed by atoms with Crippen LogP contribution in [0.5, 0.6) is 0 Å². The molecule has 2 aliphatic carbocycles. The minimum Gasteiger partial charge on any atom is -0.339 e. The maximum Gasteiger partial charge on any atom is 0.392 e. The second-order valence-electron chi connectivity index (χ2n) is 9.35. The normalized spacial score (nSPS) is 40.3. The minimum atomic E-state index is -4.19. The number of hydrogen-bond acceptors (Lipinski definition) is 5. The van der Waals surface area contributed by atoms with E-state index in [1.807, 2.05) is 16.7 Å². The van der Waals surface area contributed by atoms with Crippen LogP contribution in [-0.4, -0.2) is 58.9 Å². The number of hydrogen-bond donors (Lipinski definition) is 2. The Morgan fingerprint density at radius 1 is 1.17 bits per heavy atom. The molecule has 2 aliphatic heterocycles. The maximum atomic E-state index is 13.5. The van der Waals surface area contributed by atoms with Crippen molar-refractivity contribution in [1.29, 1.82) is 0 Å². The molecule has 0 aromatic rings. The fourth-order valence-corrected chi connectivity index (χ4v) is 7.22. The van der Waals surface area contributed by atoms with Gasteiger partial charge in [-0.05, 0) is 51.0 Å². The summed E-state index contributed by atoms with van der Waals surface area (Å²) in [6, 6.07) is 0.108. The molecule has 6 unspecified atom stereocenters. The first kappa shape index (κ1) is 21.7. The van der Waals surface area contributed by atoms with E-state index in [2.05, 4.69) is 29.7 Å². The first-order chi connectivity index (χ1) is 13.8. The molecular formula is C20H33F3N4OS. The molecule has 2 N–H and O–H groups in total. The van der Waals surface area contributed by atoms with E-state index >= 15 is 0 Å². The molecule has 1 amide bonds. The summed E-state index contributed by atoms with van der Waals surface area (Å²) >= 11 is 1.89. The number of carbonyl (C=O) groups is 1. The number of carbonyl (C=O) groups excluding carboxylic acids is 1. The summed E-state index contributed by atoms with van der Waals surface area (Å²) in [7, 11) is 2.07. The van der Waals surface area contributed by atoms with Crippen LogP contribution in [0.15, 0.2) is 0 Å². The van der Waals surface area contributed by atoms with Crippen molar-refractivity contribution in [2.24, 2.45) is 23.7 Å². The highest BCUT2D eigenvalue weighted by atomic mass is 32.2. The number of hydrazine groups is 1. The highest BCUT2D eigenvalue weighted by Gasteiger charge is 2.55. The number of nitrogens with one attached hydrogen (secondary N) is 2. The van der Waals surface area contributed by atoms with Gasteiger partial charge in [0.05, 0.1) is 12.6 Å². The lowest BCUT2D eigenvalue weighted by atomic mass is 9.73. The van der Waals surface area contributed by atoms with Crippen molar-refractivity contribution in [2.75, 3.05) is 20.3 Å². The van der Waals surface area contributed by atoms with Crippen molar-refractivity contribution in [3.63, 3.8) is 0 Å². The molecule has 0 bridgehead atoms. The summed E-state index contributed by atoms with van der Waals surface area (Å²) in [4.78, 5) is 17.1. The summed E-state index contributed by atoms with van der Waals surface area (Å²) in [5.74, 6) is -1.77. The third-order valence-electron chi connectivity index (χ3n) is 7.58. The van der Waals surface area contributed by atoms with Crippen LogP contribution >= 0.6 is 11.8 Å². The lowest BCUT2D eigenvalue weighted by Gasteiger charge is -2.38. The predicted molar refractivity (Wildman–Crippen MR) is 108 cm³/mol. The van der Waals surface area contributed by atoms with Crippen molar-refractivity contribution in [3.8, 4) is 0 Å². The van der Waals surface area contributed by atoms with Gasteiger partial charge in [-0.15, -0.1) is 11.8 Å². The lowest BCUT2D eigenvalue weighted by Crippen LogP contribution is -2.43. The molecule has 7 atom stereocenters. The van der Waals surface area contributed by atoms with E-state index in [9.17, 15) is 18.0 Å². The Balaban J connectivity index is 1.40. The third-order valence-corrected chi connectivity index (χ3v) is 9.13. The Morgan fingerprint density at radius 2 is 1.93 bits per heavy atom. The van der Waals surface area contributed by atoms with Gasteiger partial charge in [-0.25, -0.2) is 10.9 Å². The summed E-state index contributed by atoms with van der Waals surface area (Å²) in [5, 5.41) is 0.431. The molecule has 4 rings (SSSR count). The average Bonchev–Trinajstić information content (AvgIpc) is 3.24. The summed E-state index contributed by atoms with van der Waals surface area (Å²) in [6.07, 6.45) is 1.17. The third kappa shape index (κ3) is 4.43. The number of alkyl halides is 3. The van der Waals surface area contributed by atoms with Gasteiger partial charge in [-0.3, -0.25) is 9.69 Å². The van der Waals surface area contributed by atoms with Crippen molar-refractivity contribution >= 4 is 17.7 Å². The Kier molecular flexibility index (Phi) is 6.40. The van der Waals surface area contributed by atoms with E-state index < -0.39 is 23.9 Å². The van der Waals surface area contributed by atoms with Crippen molar-refractivity contribution in [2.45, 2.75) is 74.8 Å². The monoisotopic (exact) mass is 434 g/mol. The van der Waals surface area contributed by atoms with E-state index in [4.69, 9.17) is 0 Å². The van der Waals surface area contributed by atoms with Crippen molar-refractivity contribution in [3.05, 3.63) is 0 Å². The number of fused-ring (bicyclic) bond motifs is 1. The van der Waals surface area contributed by atoms with Crippen molar-refractivity contribution < 1.29 is 18.0 Å². The molecule has 0 aromatic carbocycles. The molecular weight excluding hydrogens is 401 g/mol. The van der Waals surface area contributed by atoms with Gasteiger partial charge < -0.3 is 4.90 Å². The zero-order chi connectivity index (χ0) is 20.8. The quantitative estimate of drug-likeness (QED) is 0.710. The van der Waals surface area contributed by atoms with Crippen LogP contribution in [0.2, 0.25) is 0 Å². The van der Waals surface area contributed by atoms with Crippen LogP contribution in [0.25, 0.3) is 0 Å². The van der Waals surface area contributed by atoms with Crippen molar-refractivity contribution in [1.82, 2.24) is 20.7 Å². The minimum absolute atomic E-state index is 0.00343. The van der Waals surface area contributed by atoms with Crippen LogP contribution in [0.3, 0.4) is 0 Å². The number of nitrogens with zero attached hydrogens (tertiary/aromatic N) is 2. The van der Waals surface area contributed by atoms with E-state index in [-0.39, 0.29) is 23.9 Å². The molecule has 0 spiro atoms. The first-order valence-corrected chi connectivity index (χ1v) is 11.9. The fourth-order valence-electron chi connectivity index (χ4n) is 5.91. The smallest absolute Gasteiger partial charge is 0.339 e. The zero-order valence-electron chi connectivity index (χ0n) is 17.3. The average molecular weight is 435 g/mol. The molecule has 4 aliphatic rings. The van der Waals surface area contributed by atoms with Gasteiger partial charge in [0.1, 0.15) is 5.50 Å². The van der Waals surface area contributed by atoms with Gasteiger partial charge in [0.15, 0.2) is 0 Å². The summed E-state index contributed by atoms with van der Waals surface area (Å²) < 4.78 is 40.6. The SMILES string of the molecule is C[C@@H](SC1NNCN1C)C1CCCC(N2CC3C(CCCC3C(F)(F)F)C2=O)C1. The summed E-state index contributed by atoms with van der Waals surface area (Å²) in [5.41, 5.74) is 6.65. The second-order valence-corrected chi connectivity index (χ2v) is 10.8. The van der Waals surface area contributed by atoms with E-state index in [0.29, 0.717) is 30.6 Å². The maximum absolute atomic E-state index is 13.5. The standard InChI is InChI=1S/C20H33F3N4OS/c1-12(29-19-25-24-11-26(19)2)13-5-3-6-14(9-13)27-10-16-15(18(27)28)7-4-8-17(16)20(21,22)23/h12-17,19,24-25H,3-11H2,1-2H3/t12-,13?,14?,15?,16?,17?,19?/m1/s1. The molecule has 29 heavy (non-hydrogen) atoms. The molecule has 2 saturated carbocycles. The molecule has 0 aromatic heterocycles. The van der Waals surface area contributed by atoms with Gasteiger partial charge in [-0.2, -0.15) is 13.2 Å². The van der Waals surface area contributed by atoms with Crippen LogP contribution in [0.4, 0.5) is 13.2 Å². The molecule has 2 saturated heterocycles. The molecule has 4 fully saturated rings. The summed E-state index contributed by atoms with van der Waals surface area (Å²) in [6.45, 7) is 3.36. The molecule has 0 radical (unpaired) electrons. The number of thioether (sulfide) groups is 1. The van der Waals surface area contributed by atoms with Gasteiger partial charge in [0, 0.05) is 23.8 Å². The van der Waals surface area contributed by atoms with Crippen LogP contribution < -0.4 is 10.9 Å². The topological polar surface area (TPSA) is 47.6 Å². The van der Waals surface area contributed by atoms with Crippen LogP contribution in [0, 0.1) is 23.7 Å². The highest BCUT2D eigenvalue weighted by molar-refractivity contribution is 8.00. The largest absolute Gasteiger partial charge is 0.392 e. The number of likely N-dealkylation sites (tertiary alicyclic amines) is 1. The lowest BCUT2D eigenvalue weighted by molar-refractivity contribution is -0.198. The zero-order valence-corrected chi connectivity index (χ0v) is 18.1. The van der Waals surface area contributed by atoms with Gasteiger partial charge in [0.25, 0.3) is 0 Å².